The molecule has 0 radical (unpaired) electrons. The molecule has 0 atom stereocenters. The first kappa shape index (κ1) is 15.2. The molecule has 1 aromatic carbocycles. The molecule has 118 valence electrons. The second kappa shape index (κ2) is 5.83. The summed E-state index contributed by atoms with van der Waals surface area (Å²) in [4.78, 5) is 0.220. The molecule has 6 nitrogen and oxygen atoms in total. The van der Waals surface area contributed by atoms with Crippen molar-refractivity contribution in [2.75, 3.05) is 13.1 Å². The van der Waals surface area contributed by atoms with Crippen LogP contribution >= 0.6 is 0 Å². The topological polar surface area (TPSA) is 75.4 Å². The van der Waals surface area contributed by atoms with Crippen LogP contribution in [0.5, 0.6) is 0 Å². The Hall–Kier alpha value is -1.70. The van der Waals surface area contributed by atoms with Crippen molar-refractivity contribution in [1.29, 1.82) is 0 Å². The third-order valence-electron chi connectivity index (χ3n) is 3.88. The van der Waals surface area contributed by atoms with E-state index in [4.69, 9.17) is 0 Å². The minimum atomic E-state index is -3.60. The Morgan fingerprint density at radius 1 is 1.18 bits per heavy atom. The number of aliphatic hydroxyl groups excluding tert-OH is 1. The quantitative estimate of drug-likeness (QED) is 0.923. The van der Waals surface area contributed by atoms with E-state index in [-0.39, 0.29) is 4.90 Å². The lowest BCUT2D eigenvalue weighted by atomic mass is 10.1. The molecule has 7 heteroatoms. The number of rotatable bonds is 3. The molecule has 1 aromatic heterocycles. The molecule has 1 saturated heterocycles. The number of sulfonamides is 1. The van der Waals surface area contributed by atoms with Crippen molar-refractivity contribution in [3.05, 3.63) is 36.5 Å². The van der Waals surface area contributed by atoms with Gasteiger partial charge in [-0.15, -0.1) is 0 Å². The number of nitrogens with zero attached hydrogens (tertiary/aromatic N) is 3. The van der Waals surface area contributed by atoms with Gasteiger partial charge in [-0.3, -0.25) is 4.68 Å². The maximum absolute atomic E-state index is 12.9. The molecule has 1 aliphatic heterocycles. The van der Waals surface area contributed by atoms with Gasteiger partial charge in [0, 0.05) is 31.9 Å². The molecule has 0 amide bonds. The van der Waals surface area contributed by atoms with Crippen LogP contribution in [0.2, 0.25) is 0 Å². The largest absolute Gasteiger partial charge is 0.393 e. The van der Waals surface area contributed by atoms with Crippen LogP contribution in [0.15, 0.2) is 41.4 Å². The number of hydrogen-bond acceptors (Lipinski definition) is 4. The zero-order valence-corrected chi connectivity index (χ0v) is 13.2. The zero-order chi connectivity index (χ0) is 15.7. The van der Waals surface area contributed by atoms with E-state index >= 15 is 0 Å². The van der Waals surface area contributed by atoms with Gasteiger partial charge in [-0.1, -0.05) is 30.3 Å². The summed E-state index contributed by atoms with van der Waals surface area (Å²) in [5.41, 5.74) is 1.24. The lowest BCUT2D eigenvalue weighted by molar-refractivity contribution is 0.113. The number of hydrogen-bond donors (Lipinski definition) is 1. The summed E-state index contributed by atoms with van der Waals surface area (Å²) in [5.74, 6) is 0. The number of aryl methyl sites for hydroxylation is 1. The fourth-order valence-corrected chi connectivity index (χ4v) is 4.33. The van der Waals surface area contributed by atoms with Gasteiger partial charge < -0.3 is 5.11 Å². The first-order valence-corrected chi connectivity index (χ1v) is 8.70. The number of piperidine rings is 1. The van der Waals surface area contributed by atoms with Crippen molar-refractivity contribution >= 4 is 10.0 Å². The third kappa shape index (κ3) is 2.79. The van der Waals surface area contributed by atoms with Crippen molar-refractivity contribution in [2.45, 2.75) is 23.8 Å². The van der Waals surface area contributed by atoms with Gasteiger partial charge in [-0.25, -0.2) is 8.42 Å². The minimum Gasteiger partial charge on any atom is -0.393 e. The molecular weight excluding hydrogens is 302 g/mol. The van der Waals surface area contributed by atoms with Crippen molar-refractivity contribution in [2.24, 2.45) is 7.05 Å². The molecule has 0 aliphatic carbocycles. The van der Waals surface area contributed by atoms with E-state index in [1.165, 1.54) is 8.99 Å². The molecule has 0 spiro atoms. The average Bonchev–Trinajstić information content (AvgIpc) is 2.91. The monoisotopic (exact) mass is 321 g/mol. The van der Waals surface area contributed by atoms with Crippen LogP contribution in [-0.2, 0) is 17.1 Å². The van der Waals surface area contributed by atoms with Gasteiger partial charge in [0.1, 0.15) is 10.6 Å². The standard InChI is InChI=1S/C15H19N3O3S/c1-17-11-14(15(16-17)12-5-3-2-4-6-12)22(20,21)18-9-7-13(19)8-10-18/h2-6,11,13,19H,7-10H2,1H3. The summed E-state index contributed by atoms with van der Waals surface area (Å²) in [6.07, 6.45) is 2.08. The van der Waals surface area contributed by atoms with Crippen molar-refractivity contribution in [3.8, 4) is 11.3 Å². The van der Waals surface area contributed by atoms with Crippen LogP contribution in [0.4, 0.5) is 0 Å². The molecule has 1 N–H and O–H groups in total. The zero-order valence-electron chi connectivity index (χ0n) is 12.4. The summed E-state index contributed by atoms with van der Waals surface area (Å²) in [6, 6.07) is 9.30. The Morgan fingerprint density at radius 3 is 2.45 bits per heavy atom. The summed E-state index contributed by atoms with van der Waals surface area (Å²) in [6.45, 7) is 0.680. The first-order chi connectivity index (χ1) is 10.5. The lowest BCUT2D eigenvalue weighted by Gasteiger charge is -2.28. The van der Waals surface area contributed by atoms with Crippen LogP contribution in [-0.4, -0.2) is 46.8 Å². The fraction of sp³-hybridized carbons (Fsp3) is 0.400. The molecule has 2 aromatic rings. The Bertz CT molecular complexity index is 748. The fourth-order valence-electron chi connectivity index (χ4n) is 2.67. The molecule has 0 saturated carbocycles. The van der Waals surface area contributed by atoms with Gasteiger partial charge in [0.25, 0.3) is 0 Å². The predicted molar refractivity (Wildman–Crippen MR) is 82.6 cm³/mol. The maximum atomic E-state index is 12.9. The lowest BCUT2D eigenvalue weighted by Crippen LogP contribution is -2.40. The van der Waals surface area contributed by atoms with E-state index in [9.17, 15) is 13.5 Å². The van der Waals surface area contributed by atoms with E-state index < -0.39 is 16.1 Å². The molecule has 2 heterocycles. The number of benzene rings is 1. The van der Waals surface area contributed by atoms with Crippen LogP contribution in [0.3, 0.4) is 0 Å². The van der Waals surface area contributed by atoms with E-state index in [1.54, 1.807) is 13.2 Å². The normalized spacial score (nSPS) is 17.7. The van der Waals surface area contributed by atoms with Crippen LogP contribution in [0, 0.1) is 0 Å². The predicted octanol–water partition coefficient (Wildman–Crippen LogP) is 1.23. The number of aromatic nitrogens is 2. The summed E-state index contributed by atoms with van der Waals surface area (Å²) < 4.78 is 28.7. The van der Waals surface area contributed by atoms with Crippen LogP contribution < -0.4 is 0 Å². The van der Waals surface area contributed by atoms with Crippen molar-refractivity contribution in [3.63, 3.8) is 0 Å². The third-order valence-corrected chi connectivity index (χ3v) is 5.78. The van der Waals surface area contributed by atoms with E-state index in [1.807, 2.05) is 30.3 Å². The van der Waals surface area contributed by atoms with Crippen LogP contribution in [0.1, 0.15) is 12.8 Å². The highest BCUT2D eigenvalue weighted by Gasteiger charge is 2.32. The van der Waals surface area contributed by atoms with E-state index in [2.05, 4.69) is 5.10 Å². The highest BCUT2D eigenvalue weighted by atomic mass is 32.2. The minimum absolute atomic E-state index is 0.220. The highest BCUT2D eigenvalue weighted by molar-refractivity contribution is 7.89. The van der Waals surface area contributed by atoms with Gasteiger partial charge >= 0.3 is 0 Å². The molecular formula is C15H19N3O3S. The average molecular weight is 321 g/mol. The molecule has 1 fully saturated rings. The van der Waals surface area contributed by atoms with Gasteiger partial charge in [-0.05, 0) is 12.8 Å². The Kier molecular flexibility index (Phi) is 4.03. The smallest absolute Gasteiger partial charge is 0.246 e. The molecule has 3 rings (SSSR count). The molecule has 0 bridgehead atoms. The highest BCUT2D eigenvalue weighted by Crippen LogP contribution is 2.29. The first-order valence-electron chi connectivity index (χ1n) is 7.26. The molecule has 0 unspecified atom stereocenters. The van der Waals surface area contributed by atoms with Crippen molar-refractivity contribution in [1.82, 2.24) is 14.1 Å². The van der Waals surface area contributed by atoms with E-state index in [0.717, 1.165) is 5.56 Å². The Labute approximate surface area is 130 Å². The molecule has 1 aliphatic rings. The summed E-state index contributed by atoms with van der Waals surface area (Å²) in [5, 5.41) is 13.9. The van der Waals surface area contributed by atoms with Gasteiger partial charge in [0.2, 0.25) is 10.0 Å². The van der Waals surface area contributed by atoms with Gasteiger partial charge in [0.15, 0.2) is 0 Å². The second-order valence-corrected chi connectivity index (χ2v) is 7.42. The maximum Gasteiger partial charge on any atom is 0.246 e. The van der Waals surface area contributed by atoms with Gasteiger partial charge in [0.05, 0.1) is 6.10 Å². The SMILES string of the molecule is Cn1cc(S(=O)(=O)N2CCC(O)CC2)c(-c2ccccc2)n1. The second-order valence-electron chi connectivity index (χ2n) is 5.52. The Balaban J connectivity index is 2.01. The van der Waals surface area contributed by atoms with Crippen LogP contribution in [0.25, 0.3) is 11.3 Å². The Morgan fingerprint density at radius 2 is 1.82 bits per heavy atom. The summed E-state index contributed by atoms with van der Waals surface area (Å²) in [7, 11) is -1.89. The summed E-state index contributed by atoms with van der Waals surface area (Å²) >= 11 is 0. The van der Waals surface area contributed by atoms with E-state index in [0.29, 0.717) is 31.6 Å². The number of aliphatic hydroxyl groups is 1. The van der Waals surface area contributed by atoms with Gasteiger partial charge in [-0.2, -0.15) is 9.40 Å². The van der Waals surface area contributed by atoms with Crippen molar-refractivity contribution < 1.29 is 13.5 Å². The molecule has 22 heavy (non-hydrogen) atoms.